The molecule has 2 aromatic rings. The zero-order valence-electron chi connectivity index (χ0n) is 17.5. The predicted octanol–water partition coefficient (Wildman–Crippen LogP) is 4.12. The number of hydrogen-bond acceptors (Lipinski definition) is 2. The summed E-state index contributed by atoms with van der Waals surface area (Å²) in [5.41, 5.74) is 2.89. The first kappa shape index (κ1) is 22.8. The highest BCUT2D eigenvalue weighted by Crippen LogP contribution is 2.14. The molecule has 0 unspecified atom stereocenters. The highest BCUT2D eigenvalue weighted by Gasteiger charge is 2.11. The minimum Gasteiger partial charge on any atom is -0.357 e. The van der Waals surface area contributed by atoms with Crippen molar-refractivity contribution in [1.82, 2.24) is 15.5 Å². The lowest BCUT2D eigenvalue weighted by atomic mass is 10.1. The van der Waals surface area contributed by atoms with Crippen molar-refractivity contribution in [2.24, 2.45) is 4.99 Å². The number of benzene rings is 2. The SMILES string of the molecule is CCNC(=NCc1ccc(C(=O)N(CC)CC)cc1)NCCc1ccccc1Cl. The van der Waals surface area contributed by atoms with Gasteiger partial charge in [-0.25, -0.2) is 4.99 Å². The van der Waals surface area contributed by atoms with Crippen LogP contribution < -0.4 is 10.6 Å². The minimum atomic E-state index is 0.0691. The third-order valence-corrected chi connectivity index (χ3v) is 5.03. The van der Waals surface area contributed by atoms with Gasteiger partial charge in [0.1, 0.15) is 0 Å². The van der Waals surface area contributed by atoms with Crippen molar-refractivity contribution in [3.05, 3.63) is 70.2 Å². The molecule has 0 aliphatic heterocycles. The molecule has 2 N–H and O–H groups in total. The van der Waals surface area contributed by atoms with Gasteiger partial charge in [-0.1, -0.05) is 41.9 Å². The normalized spacial score (nSPS) is 11.2. The number of carbonyl (C=O) groups is 1. The van der Waals surface area contributed by atoms with E-state index >= 15 is 0 Å². The fourth-order valence-corrected chi connectivity index (χ4v) is 3.21. The molecule has 0 aromatic heterocycles. The fourth-order valence-electron chi connectivity index (χ4n) is 2.97. The first-order chi connectivity index (χ1) is 14.1. The topological polar surface area (TPSA) is 56.7 Å². The Kier molecular flexibility index (Phi) is 9.51. The number of amides is 1. The summed E-state index contributed by atoms with van der Waals surface area (Å²) in [7, 11) is 0. The van der Waals surface area contributed by atoms with Crippen molar-refractivity contribution < 1.29 is 4.79 Å². The second kappa shape index (κ2) is 12.1. The van der Waals surface area contributed by atoms with E-state index in [0.29, 0.717) is 25.2 Å². The zero-order chi connectivity index (χ0) is 21.1. The van der Waals surface area contributed by atoms with Crippen molar-refractivity contribution in [3.8, 4) is 0 Å². The summed E-state index contributed by atoms with van der Waals surface area (Å²) in [4.78, 5) is 18.9. The van der Waals surface area contributed by atoms with E-state index in [1.807, 2.05) is 74.2 Å². The van der Waals surface area contributed by atoms with Crippen LogP contribution in [0.1, 0.15) is 42.3 Å². The fraction of sp³-hybridized carbons (Fsp3) is 0.391. The van der Waals surface area contributed by atoms with E-state index in [1.54, 1.807) is 0 Å². The molecule has 0 saturated heterocycles. The van der Waals surface area contributed by atoms with Crippen LogP contribution >= 0.6 is 11.6 Å². The first-order valence-electron chi connectivity index (χ1n) is 10.2. The molecule has 0 saturated carbocycles. The monoisotopic (exact) mass is 414 g/mol. The average molecular weight is 415 g/mol. The third kappa shape index (κ3) is 7.09. The molecule has 1 amide bonds. The number of guanidine groups is 1. The summed E-state index contributed by atoms with van der Waals surface area (Å²) in [6.45, 7) is 9.53. The summed E-state index contributed by atoms with van der Waals surface area (Å²) in [5.74, 6) is 0.836. The smallest absolute Gasteiger partial charge is 0.253 e. The van der Waals surface area contributed by atoms with Crippen LogP contribution in [0.2, 0.25) is 5.02 Å². The lowest BCUT2D eigenvalue weighted by molar-refractivity contribution is 0.0773. The van der Waals surface area contributed by atoms with Gasteiger partial charge in [0.05, 0.1) is 6.54 Å². The van der Waals surface area contributed by atoms with Gasteiger partial charge < -0.3 is 15.5 Å². The van der Waals surface area contributed by atoms with Gasteiger partial charge in [0.15, 0.2) is 5.96 Å². The van der Waals surface area contributed by atoms with Gasteiger partial charge in [-0.2, -0.15) is 0 Å². The van der Waals surface area contributed by atoms with Crippen LogP contribution in [0.25, 0.3) is 0 Å². The van der Waals surface area contributed by atoms with E-state index in [9.17, 15) is 4.79 Å². The van der Waals surface area contributed by atoms with E-state index in [-0.39, 0.29) is 5.91 Å². The maximum absolute atomic E-state index is 12.4. The van der Waals surface area contributed by atoms with E-state index in [4.69, 9.17) is 11.6 Å². The Hall–Kier alpha value is -2.53. The van der Waals surface area contributed by atoms with Gasteiger partial charge in [0.2, 0.25) is 0 Å². The number of carbonyl (C=O) groups excluding carboxylic acids is 1. The molecule has 0 heterocycles. The summed E-state index contributed by atoms with van der Waals surface area (Å²) in [5, 5.41) is 7.39. The number of rotatable bonds is 9. The molecule has 2 aromatic carbocycles. The van der Waals surface area contributed by atoms with Crippen molar-refractivity contribution in [3.63, 3.8) is 0 Å². The summed E-state index contributed by atoms with van der Waals surface area (Å²) >= 11 is 6.21. The van der Waals surface area contributed by atoms with Gasteiger partial charge in [-0.15, -0.1) is 0 Å². The molecule has 6 heteroatoms. The molecular weight excluding hydrogens is 384 g/mol. The molecule has 0 spiro atoms. The number of halogens is 1. The van der Waals surface area contributed by atoms with Crippen LogP contribution in [0.5, 0.6) is 0 Å². The summed E-state index contributed by atoms with van der Waals surface area (Å²) < 4.78 is 0. The van der Waals surface area contributed by atoms with E-state index in [1.165, 1.54) is 0 Å². The van der Waals surface area contributed by atoms with Crippen LogP contribution in [0, 0.1) is 0 Å². The van der Waals surface area contributed by atoms with Gasteiger partial charge in [0.25, 0.3) is 5.91 Å². The van der Waals surface area contributed by atoms with Crippen LogP contribution in [0.15, 0.2) is 53.5 Å². The molecule has 2 rings (SSSR count). The molecule has 0 aliphatic carbocycles. The Labute approximate surface area is 179 Å². The molecule has 0 aliphatic rings. The van der Waals surface area contributed by atoms with Crippen LogP contribution in [0.4, 0.5) is 0 Å². The Morgan fingerprint density at radius 1 is 1.00 bits per heavy atom. The van der Waals surface area contributed by atoms with Crippen LogP contribution in [0.3, 0.4) is 0 Å². The van der Waals surface area contributed by atoms with E-state index < -0.39 is 0 Å². The van der Waals surface area contributed by atoms with Crippen molar-refractivity contribution in [2.75, 3.05) is 26.2 Å². The quantitative estimate of drug-likeness (QED) is 0.479. The van der Waals surface area contributed by atoms with Gasteiger partial charge in [-0.05, 0) is 56.5 Å². The van der Waals surface area contributed by atoms with Gasteiger partial charge in [-0.3, -0.25) is 4.79 Å². The van der Waals surface area contributed by atoms with Crippen molar-refractivity contribution >= 4 is 23.5 Å². The Morgan fingerprint density at radius 3 is 2.31 bits per heavy atom. The van der Waals surface area contributed by atoms with Gasteiger partial charge in [0, 0.05) is 36.8 Å². The van der Waals surface area contributed by atoms with Crippen molar-refractivity contribution in [1.29, 1.82) is 0 Å². The Morgan fingerprint density at radius 2 is 1.69 bits per heavy atom. The Bertz CT molecular complexity index is 801. The predicted molar refractivity (Wildman–Crippen MR) is 122 cm³/mol. The minimum absolute atomic E-state index is 0.0691. The number of hydrogen-bond donors (Lipinski definition) is 2. The first-order valence-corrected chi connectivity index (χ1v) is 10.6. The standard InChI is InChI=1S/C23H31ClN4O/c1-4-25-23(26-16-15-19-9-7-8-10-21(19)24)27-17-18-11-13-20(14-12-18)22(29)28(5-2)6-3/h7-14H,4-6,15-17H2,1-3H3,(H2,25,26,27). The zero-order valence-corrected chi connectivity index (χ0v) is 18.3. The second-order valence-electron chi connectivity index (χ2n) is 6.64. The van der Waals surface area contributed by atoms with Crippen molar-refractivity contribution in [2.45, 2.75) is 33.7 Å². The highest BCUT2D eigenvalue weighted by atomic mass is 35.5. The second-order valence-corrected chi connectivity index (χ2v) is 7.04. The number of aliphatic imine (C=N–C) groups is 1. The lowest BCUT2D eigenvalue weighted by Crippen LogP contribution is -2.38. The molecule has 0 radical (unpaired) electrons. The number of nitrogens with one attached hydrogen (secondary N) is 2. The lowest BCUT2D eigenvalue weighted by Gasteiger charge is -2.18. The highest BCUT2D eigenvalue weighted by molar-refractivity contribution is 6.31. The molecule has 0 bridgehead atoms. The third-order valence-electron chi connectivity index (χ3n) is 4.66. The maximum Gasteiger partial charge on any atom is 0.253 e. The number of nitrogens with zero attached hydrogens (tertiary/aromatic N) is 2. The maximum atomic E-state index is 12.4. The molecule has 5 nitrogen and oxygen atoms in total. The van der Waals surface area contributed by atoms with E-state index in [0.717, 1.165) is 41.6 Å². The molecular formula is C23H31ClN4O. The summed E-state index contributed by atoms with van der Waals surface area (Å²) in [6.07, 6.45) is 0.826. The molecule has 29 heavy (non-hydrogen) atoms. The average Bonchev–Trinajstić information content (AvgIpc) is 2.74. The molecule has 0 fully saturated rings. The molecule has 0 atom stereocenters. The van der Waals surface area contributed by atoms with Gasteiger partial charge >= 0.3 is 0 Å². The Balaban J connectivity index is 1.93. The van der Waals surface area contributed by atoms with Crippen LogP contribution in [-0.2, 0) is 13.0 Å². The summed E-state index contributed by atoms with van der Waals surface area (Å²) in [6, 6.07) is 15.6. The van der Waals surface area contributed by atoms with E-state index in [2.05, 4.69) is 15.6 Å². The molecule has 156 valence electrons. The largest absolute Gasteiger partial charge is 0.357 e. The van der Waals surface area contributed by atoms with Crippen LogP contribution in [-0.4, -0.2) is 42.9 Å².